The number of carbonyl (C=O) groups is 1. The van der Waals surface area contributed by atoms with Gasteiger partial charge in [0.25, 0.3) is 5.88 Å². The first-order valence-corrected chi connectivity index (χ1v) is 8.04. The van der Waals surface area contributed by atoms with Crippen LogP contribution in [-0.4, -0.2) is 53.6 Å². The molecule has 1 spiro atoms. The number of likely N-dealkylation sites (tertiary alicyclic amines) is 1. The maximum Gasteiger partial charge on any atom is 0.422 e. The van der Waals surface area contributed by atoms with Gasteiger partial charge in [0.05, 0.1) is 6.61 Å². The number of pyridine rings is 1. The minimum Gasteiger partial charge on any atom is -0.488 e. The van der Waals surface area contributed by atoms with Gasteiger partial charge in [0.2, 0.25) is 0 Å². The number of ether oxygens (including phenoxy) is 2. The van der Waals surface area contributed by atoms with Gasteiger partial charge in [-0.05, 0) is 42.7 Å². The van der Waals surface area contributed by atoms with Gasteiger partial charge in [-0.3, -0.25) is 0 Å². The molecule has 1 atom stereocenters. The Morgan fingerprint density at radius 3 is 2.72 bits per heavy atom. The molecule has 0 bridgehead atoms. The van der Waals surface area contributed by atoms with Crippen LogP contribution in [0.25, 0.3) is 0 Å². The number of alkyl halides is 3. The summed E-state index contributed by atoms with van der Waals surface area (Å²) in [6.45, 7) is -0.0305. The van der Waals surface area contributed by atoms with Crippen LogP contribution in [0, 0.1) is 11.3 Å². The lowest BCUT2D eigenvalue weighted by atomic mass is 9.91. The van der Waals surface area contributed by atoms with E-state index >= 15 is 0 Å². The van der Waals surface area contributed by atoms with E-state index in [-0.39, 0.29) is 23.0 Å². The van der Waals surface area contributed by atoms with E-state index in [4.69, 9.17) is 14.6 Å². The Labute approximate surface area is 142 Å². The molecule has 1 aliphatic heterocycles. The van der Waals surface area contributed by atoms with E-state index < -0.39 is 18.9 Å². The molecule has 6 nitrogen and oxygen atoms in total. The van der Waals surface area contributed by atoms with Gasteiger partial charge in [-0.15, -0.1) is 0 Å². The van der Waals surface area contributed by atoms with Crippen molar-refractivity contribution in [1.82, 2.24) is 9.88 Å². The molecule has 1 N–H and O–H groups in total. The van der Waals surface area contributed by atoms with Crippen LogP contribution < -0.4 is 9.47 Å². The van der Waals surface area contributed by atoms with E-state index in [1.54, 1.807) is 6.07 Å². The molecule has 0 aromatic carbocycles. The minimum atomic E-state index is -4.44. The fourth-order valence-corrected chi connectivity index (χ4v) is 3.36. The summed E-state index contributed by atoms with van der Waals surface area (Å²) in [4.78, 5) is 16.2. The number of carboxylic acid groups (broad SMARTS) is 1. The Kier molecular flexibility index (Phi) is 4.66. The van der Waals surface area contributed by atoms with Crippen molar-refractivity contribution < 1.29 is 32.5 Å². The third-order valence-electron chi connectivity index (χ3n) is 4.94. The van der Waals surface area contributed by atoms with E-state index in [0.29, 0.717) is 19.7 Å². The van der Waals surface area contributed by atoms with Gasteiger partial charge in [0, 0.05) is 19.3 Å². The monoisotopic (exact) mass is 360 g/mol. The second kappa shape index (κ2) is 6.61. The maximum atomic E-state index is 12.3. The van der Waals surface area contributed by atoms with Crippen molar-refractivity contribution in [2.45, 2.75) is 25.4 Å². The molecule has 9 heteroatoms. The van der Waals surface area contributed by atoms with Crippen LogP contribution in [0.5, 0.6) is 11.6 Å². The molecular weight excluding hydrogens is 341 g/mol. The molecular formula is C16H19F3N2O4. The van der Waals surface area contributed by atoms with Crippen molar-refractivity contribution in [2.75, 3.05) is 26.3 Å². The molecule has 1 aliphatic carbocycles. The quantitative estimate of drug-likeness (QED) is 0.873. The molecule has 1 saturated carbocycles. The Balaban J connectivity index is 1.51. The number of aromatic nitrogens is 1. The van der Waals surface area contributed by atoms with E-state index in [1.165, 1.54) is 17.2 Å². The van der Waals surface area contributed by atoms with Crippen LogP contribution in [0.4, 0.5) is 18.0 Å². The van der Waals surface area contributed by atoms with Crippen LogP contribution >= 0.6 is 0 Å². The molecule has 2 heterocycles. The highest BCUT2D eigenvalue weighted by Crippen LogP contribution is 2.59. The predicted octanol–water partition coefficient (Wildman–Crippen LogP) is 3.18. The second-order valence-electron chi connectivity index (χ2n) is 6.55. The maximum absolute atomic E-state index is 12.3. The third kappa shape index (κ3) is 4.26. The molecule has 0 radical (unpaired) electrons. The fraction of sp³-hybridized carbons (Fsp3) is 0.625. The van der Waals surface area contributed by atoms with E-state index in [2.05, 4.69) is 4.98 Å². The predicted molar refractivity (Wildman–Crippen MR) is 80.7 cm³/mol. The molecule has 138 valence electrons. The number of amides is 1. The summed E-state index contributed by atoms with van der Waals surface area (Å²) in [5, 5.41) is 8.99. The van der Waals surface area contributed by atoms with Gasteiger partial charge >= 0.3 is 12.3 Å². The first kappa shape index (κ1) is 17.6. The topological polar surface area (TPSA) is 71.9 Å². The Hall–Kier alpha value is -2.19. The number of hydrogen-bond donors (Lipinski definition) is 1. The minimum absolute atomic E-state index is 0.0984. The van der Waals surface area contributed by atoms with E-state index in [0.717, 1.165) is 19.3 Å². The van der Waals surface area contributed by atoms with Crippen LogP contribution in [0.15, 0.2) is 18.3 Å². The summed E-state index contributed by atoms with van der Waals surface area (Å²) in [5.41, 5.74) is 0.0984. The molecule has 0 unspecified atom stereocenters. The summed E-state index contributed by atoms with van der Waals surface area (Å²) in [6.07, 6.45) is -1.47. The standard InChI is InChI=1S/C16H19F3N2O4/c17-16(18,19)10-25-13-12(2-1-5-20-13)24-9-11-8-15(11)3-6-21(7-4-15)14(22)23/h1-2,5,11H,3-4,6-10H2,(H,22,23)/t11-/m0/s1. The number of rotatable bonds is 5. The lowest BCUT2D eigenvalue weighted by Crippen LogP contribution is -2.38. The highest BCUT2D eigenvalue weighted by Gasteiger charge is 2.55. The lowest BCUT2D eigenvalue weighted by Gasteiger charge is -2.31. The van der Waals surface area contributed by atoms with Gasteiger partial charge in [0.15, 0.2) is 12.4 Å². The van der Waals surface area contributed by atoms with Gasteiger partial charge in [-0.1, -0.05) is 0 Å². The van der Waals surface area contributed by atoms with Gasteiger partial charge in [-0.25, -0.2) is 9.78 Å². The summed E-state index contributed by atoms with van der Waals surface area (Å²) in [5.74, 6) is 0.297. The van der Waals surface area contributed by atoms with Crippen LogP contribution in [0.1, 0.15) is 19.3 Å². The third-order valence-corrected chi connectivity index (χ3v) is 4.94. The summed E-state index contributed by atoms with van der Waals surface area (Å²) >= 11 is 0. The first-order valence-electron chi connectivity index (χ1n) is 8.04. The number of piperidine rings is 1. The van der Waals surface area contributed by atoms with E-state index in [9.17, 15) is 18.0 Å². The average molecular weight is 360 g/mol. The van der Waals surface area contributed by atoms with Crippen LogP contribution in [-0.2, 0) is 0 Å². The van der Waals surface area contributed by atoms with Gasteiger partial charge < -0.3 is 19.5 Å². The highest BCUT2D eigenvalue weighted by atomic mass is 19.4. The SMILES string of the molecule is O=C(O)N1CCC2(CC1)C[C@H]2COc1cccnc1OCC(F)(F)F. The van der Waals surface area contributed by atoms with Crippen molar-refractivity contribution in [3.05, 3.63) is 18.3 Å². The van der Waals surface area contributed by atoms with Crippen LogP contribution in [0.3, 0.4) is 0 Å². The van der Waals surface area contributed by atoms with E-state index in [1.807, 2.05) is 0 Å². The normalized spacial score (nSPS) is 21.9. The second-order valence-corrected chi connectivity index (χ2v) is 6.55. The Morgan fingerprint density at radius 1 is 1.36 bits per heavy atom. The zero-order valence-electron chi connectivity index (χ0n) is 13.5. The zero-order valence-corrected chi connectivity index (χ0v) is 13.5. The molecule has 1 aromatic heterocycles. The number of nitrogens with zero attached hydrogens (tertiary/aromatic N) is 2. The smallest absolute Gasteiger partial charge is 0.422 e. The Bertz CT molecular complexity index is 630. The zero-order chi connectivity index (χ0) is 18.1. The van der Waals surface area contributed by atoms with Crippen molar-refractivity contribution >= 4 is 6.09 Å². The van der Waals surface area contributed by atoms with Crippen molar-refractivity contribution in [1.29, 1.82) is 0 Å². The van der Waals surface area contributed by atoms with Crippen molar-refractivity contribution in [3.8, 4) is 11.6 Å². The molecule has 25 heavy (non-hydrogen) atoms. The van der Waals surface area contributed by atoms with Crippen LogP contribution in [0.2, 0.25) is 0 Å². The van der Waals surface area contributed by atoms with Crippen molar-refractivity contribution in [2.24, 2.45) is 11.3 Å². The largest absolute Gasteiger partial charge is 0.488 e. The number of halogens is 3. The molecule has 2 aliphatic rings. The molecule has 1 saturated heterocycles. The summed E-state index contributed by atoms with van der Waals surface area (Å²) in [6, 6.07) is 3.10. The van der Waals surface area contributed by atoms with Gasteiger partial charge in [0.1, 0.15) is 0 Å². The average Bonchev–Trinajstić information content (AvgIpc) is 3.23. The van der Waals surface area contributed by atoms with Gasteiger partial charge in [-0.2, -0.15) is 13.2 Å². The number of hydrogen-bond acceptors (Lipinski definition) is 4. The lowest BCUT2D eigenvalue weighted by molar-refractivity contribution is -0.154. The molecule has 1 aromatic rings. The summed E-state index contributed by atoms with van der Waals surface area (Å²) in [7, 11) is 0. The fourth-order valence-electron chi connectivity index (χ4n) is 3.36. The van der Waals surface area contributed by atoms with Crippen molar-refractivity contribution in [3.63, 3.8) is 0 Å². The molecule has 2 fully saturated rings. The highest BCUT2D eigenvalue weighted by molar-refractivity contribution is 5.65. The Morgan fingerprint density at radius 2 is 2.08 bits per heavy atom. The molecule has 1 amide bonds. The first-order chi connectivity index (χ1) is 11.8. The summed E-state index contributed by atoms with van der Waals surface area (Å²) < 4.78 is 47.2. The molecule has 3 rings (SSSR count).